The molecule has 14 rings (SSSR count). The number of rotatable bonds is 15. The lowest BCUT2D eigenvalue weighted by atomic mass is 9.79. The number of nitrogens with zero attached hydrogens (tertiary/aromatic N) is 6. The van der Waals surface area contributed by atoms with E-state index in [0.29, 0.717) is 100.0 Å². The fourth-order valence-electron chi connectivity index (χ4n) is 11.7. The van der Waals surface area contributed by atoms with Crippen molar-refractivity contribution in [3.63, 3.8) is 0 Å². The first kappa shape index (κ1) is 85.7. The number of imidazole rings is 3. The Morgan fingerprint density at radius 2 is 0.763 bits per heavy atom. The highest BCUT2D eigenvalue weighted by Gasteiger charge is 2.27. The Balaban J connectivity index is 0.000000175. The molecule has 29 heteroatoms. The van der Waals surface area contributed by atoms with Crippen molar-refractivity contribution in [3.05, 3.63) is 325 Å². The molecular formula is C85H75BBrCl3F3N11O10. The maximum atomic E-state index is 13.5. The number of carbonyl (C=O) groups is 6. The Morgan fingerprint density at radius 1 is 0.430 bits per heavy atom. The number of aromatic carboxylic acids is 2. The Morgan fingerprint density at radius 3 is 1.12 bits per heavy atom. The fourth-order valence-corrected chi connectivity index (χ4v) is 12.7. The van der Waals surface area contributed by atoms with E-state index in [1.54, 1.807) is 112 Å². The lowest BCUT2D eigenvalue weighted by molar-refractivity contribution is 0.0686. The van der Waals surface area contributed by atoms with Crippen LogP contribution < -0.4 is 32.5 Å². The van der Waals surface area contributed by atoms with Gasteiger partial charge in [0.1, 0.15) is 68.6 Å². The summed E-state index contributed by atoms with van der Waals surface area (Å²) in [5.41, 5.74) is 16.1. The number of carbonyl (C=O) groups excluding carboxylic acids is 4. The van der Waals surface area contributed by atoms with Gasteiger partial charge in [0.05, 0.1) is 16.7 Å². The SMILES string of the molecule is C.CC(C)(N)c1ccccc1.CNC(=O)c1c(-c2ccc(F)cc2)nc2ccc(-c3cc(C(=O)NC(C)(C)c4ccccc4)ccc3Cl)cn12.CNC(=O)c1c(-c2ccc(F)cc2)nc2ccc(-c3cc(C(=O)O)ccc3Cl)cn12.CNC(=O)c1c(-c2ccc(F)cc2)nc2ccc(Br)cn12.O=C(O)c1ccc(Cl)c(B(O)O)c1. The molecule has 10 N–H and O–H groups in total. The van der Waals surface area contributed by atoms with Crippen molar-refractivity contribution in [2.24, 2.45) is 5.73 Å². The molecule has 0 saturated carbocycles. The van der Waals surface area contributed by atoms with Crippen LogP contribution in [0.2, 0.25) is 15.1 Å². The summed E-state index contributed by atoms with van der Waals surface area (Å²) in [5.74, 6) is -4.51. The van der Waals surface area contributed by atoms with Gasteiger partial charge in [-0.05, 0) is 230 Å². The second-order valence-electron chi connectivity index (χ2n) is 26.2. The van der Waals surface area contributed by atoms with Crippen molar-refractivity contribution in [2.45, 2.75) is 46.2 Å². The Labute approximate surface area is 677 Å². The number of carboxylic acids is 2. The largest absolute Gasteiger partial charge is 0.489 e. The number of carboxylic acid groups (broad SMARTS) is 2. The van der Waals surface area contributed by atoms with Gasteiger partial charge < -0.3 is 47.3 Å². The van der Waals surface area contributed by atoms with Gasteiger partial charge in [-0.15, -0.1) is 0 Å². The molecule has 0 aliphatic heterocycles. The number of nitrogens with one attached hydrogen (secondary N) is 4. The summed E-state index contributed by atoms with van der Waals surface area (Å²) in [6.07, 6.45) is 5.21. The maximum Gasteiger partial charge on any atom is 0.489 e. The molecular weight excluding hydrogens is 1590 g/mol. The van der Waals surface area contributed by atoms with Gasteiger partial charge in [-0.1, -0.05) is 103 Å². The molecule has 8 aromatic carbocycles. The zero-order valence-electron chi connectivity index (χ0n) is 61.3. The molecule has 21 nitrogen and oxygen atoms in total. The Kier molecular flexibility index (Phi) is 28.1. The summed E-state index contributed by atoms with van der Waals surface area (Å²) in [5, 5.41) is 47.3. The summed E-state index contributed by atoms with van der Waals surface area (Å²) < 4.78 is 45.8. The first-order chi connectivity index (χ1) is 53.8. The molecule has 0 spiro atoms. The summed E-state index contributed by atoms with van der Waals surface area (Å²) in [6, 6.07) is 61.2. The van der Waals surface area contributed by atoms with Gasteiger partial charge in [-0.2, -0.15) is 0 Å². The van der Waals surface area contributed by atoms with Crippen LogP contribution in [0.5, 0.6) is 0 Å². The van der Waals surface area contributed by atoms with Crippen LogP contribution in [0.1, 0.15) is 109 Å². The summed E-state index contributed by atoms with van der Waals surface area (Å²) in [6.45, 7) is 7.90. The first-order valence-electron chi connectivity index (χ1n) is 34.4. The zero-order valence-corrected chi connectivity index (χ0v) is 65.2. The smallest absolute Gasteiger partial charge is 0.478 e. The molecule has 0 aliphatic rings. The van der Waals surface area contributed by atoms with Gasteiger partial charge in [0.2, 0.25) is 0 Å². The average Bonchev–Trinajstić information content (AvgIpc) is 1.63. The topological polar surface area (TPSA) is 309 Å². The third kappa shape index (κ3) is 20.3. The number of hydrogen-bond acceptors (Lipinski definition) is 12. The van der Waals surface area contributed by atoms with Crippen molar-refractivity contribution in [1.82, 2.24) is 49.4 Å². The number of nitrogens with two attached hydrogens (primary N) is 1. The molecule has 0 bridgehead atoms. The number of amides is 4. The molecule has 0 saturated heterocycles. The van der Waals surface area contributed by atoms with Crippen LogP contribution in [-0.4, -0.2) is 112 Å². The van der Waals surface area contributed by atoms with Gasteiger partial charge in [0.15, 0.2) is 0 Å². The van der Waals surface area contributed by atoms with E-state index >= 15 is 0 Å². The van der Waals surface area contributed by atoms with Gasteiger partial charge in [-0.25, -0.2) is 37.7 Å². The quantitative estimate of drug-likeness (QED) is 0.0431. The first-order valence-corrected chi connectivity index (χ1v) is 36.3. The maximum absolute atomic E-state index is 13.5. The minimum absolute atomic E-state index is 0. The van der Waals surface area contributed by atoms with Crippen molar-refractivity contribution in [3.8, 4) is 56.0 Å². The highest BCUT2D eigenvalue weighted by atomic mass is 79.9. The van der Waals surface area contributed by atoms with Gasteiger partial charge >= 0.3 is 19.1 Å². The van der Waals surface area contributed by atoms with Crippen molar-refractivity contribution in [1.29, 1.82) is 0 Å². The van der Waals surface area contributed by atoms with Crippen LogP contribution in [0.25, 0.3) is 73.0 Å². The molecule has 582 valence electrons. The lowest BCUT2D eigenvalue weighted by Crippen LogP contribution is -2.40. The monoisotopic (exact) mass is 1660 g/mol. The number of benzene rings is 8. The van der Waals surface area contributed by atoms with Crippen LogP contribution in [0.3, 0.4) is 0 Å². The molecule has 4 amide bonds. The Hall–Kier alpha value is -12.3. The highest BCUT2D eigenvalue weighted by molar-refractivity contribution is 9.10. The van der Waals surface area contributed by atoms with Crippen LogP contribution in [-0.2, 0) is 11.1 Å². The van der Waals surface area contributed by atoms with Crippen LogP contribution in [0.4, 0.5) is 13.2 Å². The van der Waals surface area contributed by atoms with Crippen LogP contribution in [0.15, 0.2) is 248 Å². The number of halogens is 7. The zero-order chi connectivity index (χ0) is 81.8. The highest BCUT2D eigenvalue weighted by Crippen LogP contribution is 2.36. The van der Waals surface area contributed by atoms with Gasteiger partial charge in [0, 0.05) is 104 Å². The molecule has 114 heavy (non-hydrogen) atoms. The average molecular weight is 1660 g/mol. The predicted molar refractivity (Wildman–Crippen MR) is 443 cm³/mol. The van der Waals surface area contributed by atoms with Gasteiger partial charge in [0.25, 0.3) is 23.6 Å². The minimum atomic E-state index is -1.76. The van der Waals surface area contributed by atoms with Gasteiger partial charge in [-0.3, -0.25) is 32.4 Å². The second-order valence-corrected chi connectivity index (χ2v) is 28.3. The normalized spacial score (nSPS) is 10.9. The third-order valence-electron chi connectivity index (χ3n) is 17.5. The van der Waals surface area contributed by atoms with E-state index in [9.17, 15) is 47.0 Å². The minimum Gasteiger partial charge on any atom is -0.478 e. The van der Waals surface area contributed by atoms with E-state index in [1.807, 2.05) is 107 Å². The summed E-state index contributed by atoms with van der Waals surface area (Å²) >= 11 is 21.9. The van der Waals surface area contributed by atoms with E-state index in [0.717, 1.165) is 16.1 Å². The molecule has 0 atom stereocenters. The number of hydrogen-bond donors (Lipinski definition) is 9. The lowest BCUT2D eigenvalue weighted by Gasteiger charge is -2.27. The van der Waals surface area contributed by atoms with E-state index in [4.69, 9.17) is 55.7 Å². The predicted octanol–water partition coefficient (Wildman–Crippen LogP) is 16.5. The molecule has 14 aromatic rings. The summed E-state index contributed by atoms with van der Waals surface area (Å²) in [7, 11) is 2.85. The van der Waals surface area contributed by atoms with Crippen molar-refractivity contribution < 1.29 is 62.2 Å². The number of aromatic nitrogens is 6. The fraction of sp³-hybridized carbons (Fsp3) is 0.118. The van der Waals surface area contributed by atoms with Crippen LogP contribution >= 0.6 is 50.7 Å². The van der Waals surface area contributed by atoms with Crippen LogP contribution in [0, 0.1) is 17.5 Å². The molecule has 6 aromatic heterocycles. The second kappa shape index (κ2) is 37.4. The van der Waals surface area contributed by atoms with E-state index in [2.05, 4.69) is 52.1 Å². The Bertz CT molecular complexity index is 5870. The standard InChI is InChI=1S/C31H26ClFN4O2.C22H15ClFN3O3.C15H11BrFN3O.C9H13N.C7H6BClO4.CH4/c1-31(2,22-7-5-4-6-8-22)36-29(38)20-11-15-25(32)24(17-20)21-12-16-26-35-27(19-9-13-23(33)14-10-19)28(30(39)34-3)37(26)18-21;1-25-21(28)20-19(12-2-6-15(24)7-3-12)26-18-9-5-14(11-27(18)20)16-10-13(22(29)30)4-8-17(16)23;1-18-15(21)14-13(9-2-5-11(17)6-3-9)19-12-7-4-10(16)8-20(12)14;1-9(2,10)8-6-4-3-5-7-8;9-6-2-1-4(7(10)11)3-5(6)8(12)13;/h4-18H,1-3H3,(H,34,39)(H,36,38);2-11H,1H3,(H,25,28)(H,29,30);2-8H,1H3,(H,18,21);3-7H,10H2,1-2H3;1-3,12-13H,(H,10,11);1H4. The van der Waals surface area contributed by atoms with E-state index < -0.39 is 24.6 Å². The number of pyridine rings is 3. The van der Waals surface area contributed by atoms with Crippen molar-refractivity contribution in [2.75, 3.05) is 21.1 Å². The summed E-state index contributed by atoms with van der Waals surface area (Å²) in [4.78, 5) is 86.5. The molecule has 0 fully saturated rings. The third-order valence-corrected chi connectivity index (χ3v) is 19.0. The van der Waals surface area contributed by atoms with E-state index in [1.165, 1.54) is 86.4 Å². The number of fused-ring (bicyclic) bond motifs is 3. The van der Waals surface area contributed by atoms with E-state index in [-0.39, 0.29) is 81.4 Å². The molecule has 0 unspecified atom stereocenters. The van der Waals surface area contributed by atoms with Crippen molar-refractivity contribution >= 4 is 116 Å². The molecule has 6 heterocycles. The molecule has 0 radical (unpaired) electrons. The molecule has 0 aliphatic carbocycles.